The van der Waals surface area contributed by atoms with Gasteiger partial charge in [-0.15, -0.1) is 6.58 Å². The third kappa shape index (κ3) is 2.24. The number of aryl methyl sites for hydroxylation is 1. The fourth-order valence-corrected chi connectivity index (χ4v) is 2.20. The molecule has 90 valence electrons. The number of fused-ring (bicyclic) bond motifs is 1. The molecular formula is C14H19N3. The Labute approximate surface area is 102 Å². The van der Waals surface area contributed by atoms with Crippen LogP contribution in [0.1, 0.15) is 25.1 Å². The molecule has 3 nitrogen and oxygen atoms in total. The van der Waals surface area contributed by atoms with Crippen LogP contribution in [0, 0.1) is 0 Å². The SMILES string of the molecule is C=CCC(NCC)c1nn(C)c2ccccc12. The average Bonchev–Trinajstić information content (AvgIpc) is 2.67. The van der Waals surface area contributed by atoms with Crippen molar-refractivity contribution in [2.45, 2.75) is 19.4 Å². The van der Waals surface area contributed by atoms with Crippen LogP contribution in [0.15, 0.2) is 36.9 Å². The number of hydrogen-bond donors (Lipinski definition) is 1. The normalized spacial score (nSPS) is 12.8. The summed E-state index contributed by atoms with van der Waals surface area (Å²) in [5.74, 6) is 0. The molecule has 0 saturated carbocycles. The minimum Gasteiger partial charge on any atom is -0.309 e. The molecule has 0 bridgehead atoms. The van der Waals surface area contributed by atoms with Crippen LogP contribution in [-0.4, -0.2) is 16.3 Å². The Balaban J connectivity index is 2.48. The Morgan fingerprint density at radius 2 is 2.24 bits per heavy atom. The topological polar surface area (TPSA) is 29.9 Å². The Bertz CT molecular complexity index is 513. The van der Waals surface area contributed by atoms with Crippen LogP contribution in [0.3, 0.4) is 0 Å². The number of nitrogens with one attached hydrogen (secondary N) is 1. The first-order valence-corrected chi connectivity index (χ1v) is 6.03. The molecule has 0 amide bonds. The zero-order valence-electron chi connectivity index (χ0n) is 10.5. The predicted molar refractivity (Wildman–Crippen MR) is 71.9 cm³/mol. The van der Waals surface area contributed by atoms with Gasteiger partial charge in [0.25, 0.3) is 0 Å². The first kappa shape index (κ1) is 11.9. The lowest BCUT2D eigenvalue weighted by atomic mass is 10.1. The Kier molecular flexibility index (Phi) is 3.59. The molecule has 0 aliphatic carbocycles. The minimum absolute atomic E-state index is 0.253. The molecule has 1 heterocycles. The van der Waals surface area contributed by atoms with E-state index >= 15 is 0 Å². The van der Waals surface area contributed by atoms with E-state index in [1.54, 1.807) is 0 Å². The van der Waals surface area contributed by atoms with Crippen LogP contribution >= 0.6 is 0 Å². The standard InChI is InChI=1S/C14H19N3/c1-4-8-12(15-5-2)14-11-9-6-7-10-13(11)17(3)16-14/h4,6-7,9-10,12,15H,1,5,8H2,2-3H3. The van der Waals surface area contributed by atoms with E-state index in [1.807, 2.05) is 23.9 Å². The second-order valence-corrected chi connectivity index (χ2v) is 4.16. The predicted octanol–water partition coefficient (Wildman–Crippen LogP) is 2.80. The van der Waals surface area contributed by atoms with Gasteiger partial charge in [-0.05, 0) is 19.0 Å². The highest BCUT2D eigenvalue weighted by atomic mass is 15.3. The zero-order chi connectivity index (χ0) is 12.3. The number of rotatable bonds is 5. The van der Waals surface area contributed by atoms with Crippen molar-refractivity contribution >= 4 is 10.9 Å². The van der Waals surface area contributed by atoms with Crippen molar-refractivity contribution in [2.24, 2.45) is 7.05 Å². The van der Waals surface area contributed by atoms with Gasteiger partial charge in [-0.2, -0.15) is 5.10 Å². The molecule has 2 aromatic rings. The number of aromatic nitrogens is 2. The Morgan fingerprint density at radius 3 is 2.94 bits per heavy atom. The number of nitrogens with zero attached hydrogens (tertiary/aromatic N) is 2. The summed E-state index contributed by atoms with van der Waals surface area (Å²) in [5.41, 5.74) is 2.29. The number of para-hydroxylation sites is 1. The molecule has 0 spiro atoms. The lowest BCUT2D eigenvalue weighted by Gasteiger charge is -2.13. The molecule has 17 heavy (non-hydrogen) atoms. The summed E-state index contributed by atoms with van der Waals surface area (Å²) in [4.78, 5) is 0. The van der Waals surface area contributed by atoms with E-state index in [-0.39, 0.29) is 6.04 Å². The second-order valence-electron chi connectivity index (χ2n) is 4.16. The van der Waals surface area contributed by atoms with Crippen LogP contribution in [-0.2, 0) is 7.05 Å². The van der Waals surface area contributed by atoms with Crippen LogP contribution in [0.5, 0.6) is 0 Å². The van der Waals surface area contributed by atoms with Crippen LogP contribution < -0.4 is 5.32 Å². The van der Waals surface area contributed by atoms with Crippen molar-refractivity contribution < 1.29 is 0 Å². The van der Waals surface area contributed by atoms with E-state index in [1.165, 1.54) is 10.9 Å². The maximum atomic E-state index is 4.63. The molecule has 0 aliphatic rings. The highest BCUT2D eigenvalue weighted by molar-refractivity contribution is 5.82. The van der Waals surface area contributed by atoms with Gasteiger partial charge in [0.15, 0.2) is 0 Å². The van der Waals surface area contributed by atoms with Crippen molar-refractivity contribution in [3.63, 3.8) is 0 Å². The fourth-order valence-electron chi connectivity index (χ4n) is 2.20. The average molecular weight is 229 g/mol. The first-order valence-electron chi connectivity index (χ1n) is 6.03. The van der Waals surface area contributed by atoms with Crippen LogP contribution in [0.4, 0.5) is 0 Å². The molecule has 1 atom stereocenters. The molecule has 3 heteroatoms. The zero-order valence-corrected chi connectivity index (χ0v) is 10.5. The lowest BCUT2D eigenvalue weighted by molar-refractivity contribution is 0.539. The van der Waals surface area contributed by atoms with Crippen molar-refractivity contribution in [3.8, 4) is 0 Å². The van der Waals surface area contributed by atoms with Gasteiger partial charge < -0.3 is 5.32 Å². The maximum absolute atomic E-state index is 4.63. The summed E-state index contributed by atoms with van der Waals surface area (Å²) in [7, 11) is 1.99. The molecule has 1 N–H and O–H groups in total. The summed E-state index contributed by atoms with van der Waals surface area (Å²) in [6, 6.07) is 8.59. The van der Waals surface area contributed by atoms with Gasteiger partial charge in [-0.1, -0.05) is 31.2 Å². The van der Waals surface area contributed by atoms with Crippen molar-refractivity contribution in [1.29, 1.82) is 0 Å². The van der Waals surface area contributed by atoms with E-state index in [9.17, 15) is 0 Å². The molecule has 2 rings (SSSR count). The summed E-state index contributed by atoms with van der Waals surface area (Å²) in [5, 5.41) is 9.32. The van der Waals surface area contributed by atoms with Gasteiger partial charge in [0.05, 0.1) is 17.3 Å². The molecule has 0 saturated heterocycles. The summed E-state index contributed by atoms with van der Waals surface area (Å²) in [6.45, 7) is 6.87. The van der Waals surface area contributed by atoms with Gasteiger partial charge in [0.1, 0.15) is 0 Å². The maximum Gasteiger partial charge on any atom is 0.0875 e. The fraction of sp³-hybridized carbons (Fsp3) is 0.357. The number of hydrogen-bond acceptors (Lipinski definition) is 2. The van der Waals surface area contributed by atoms with Gasteiger partial charge in [0, 0.05) is 12.4 Å². The molecule has 1 aromatic carbocycles. The first-order chi connectivity index (χ1) is 8.27. The molecule has 1 aromatic heterocycles. The summed E-state index contributed by atoms with van der Waals surface area (Å²) in [6.07, 6.45) is 2.84. The quantitative estimate of drug-likeness (QED) is 0.799. The van der Waals surface area contributed by atoms with E-state index < -0.39 is 0 Å². The molecule has 0 radical (unpaired) electrons. The molecule has 0 fully saturated rings. The van der Waals surface area contributed by atoms with Crippen molar-refractivity contribution in [3.05, 3.63) is 42.6 Å². The largest absolute Gasteiger partial charge is 0.309 e. The Morgan fingerprint density at radius 1 is 1.47 bits per heavy atom. The van der Waals surface area contributed by atoms with E-state index in [0.29, 0.717) is 0 Å². The van der Waals surface area contributed by atoms with Gasteiger partial charge in [-0.3, -0.25) is 4.68 Å². The van der Waals surface area contributed by atoms with Gasteiger partial charge in [0.2, 0.25) is 0 Å². The van der Waals surface area contributed by atoms with E-state index in [0.717, 1.165) is 18.7 Å². The smallest absolute Gasteiger partial charge is 0.0875 e. The molecule has 0 aliphatic heterocycles. The van der Waals surface area contributed by atoms with Crippen molar-refractivity contribution in [1.82, 2.24) is 15.1 Å². The second kappa shape index (κ2) is 5.15. The van der Waals surface area contributed by atoms with Crippen molar-refractivity contribution in [2.75, 3.05) is 6.54 Å². The molecule has 1 unspecified atom stereocenters. The third-order valence-corrected chi connectivity index (χ3v) is 2.97. The highest BCUT2D eigenvalue weighted by Gasteiger charge is 2.16. The van der Waals surface area contributed by atoms with Crippen LogP contribution in [0.2, 0.25) is 0 Å². The summed E-state index contributed by atoms with van der Waals surface area (Å²) >= 11 is 0. The monoisotopic (exact) mass is 229 g/mol. The van der Waals surface area contributed by atoms with E-state index in [4.69, 9.17) is 0 Å². The Hall–Kier alpha value is -1.61. The molecular weight excluding hydrogens is 210 g/mol. The number of benzene rings is 1. The highest BCUT2D eigenvalue weighted by Crippen LogP contribution is 2.25. The summed E-state index contributed by atoms with van der Waals surface area (Å²) < 4.78 is 1.94. The van der Waals surface area contributed by atoms with Crippen LogP contribution in [0.25, 0.3) is 10.9 Å². The lowest BCUT2D eigenvalue weighted by Crippen LogP contribution is -2.21. The van der Waals surface area contributed by atoms with E-state index in [2.05, 4.69) is 42.1 Å². The van der Waals surface area contributed by atoms with Gasteiger partial charge in [-0.25, -0.2) is 0 Å². The minimum atomic E-state index is 0.253. The third-order valence-electron chi connectivity index (χ3n) is 2.97. The van der Waals surface area contributed by atoms with Gasteiger partial charge >= 0.3 is 0 Å².